The molecule has 0 aromatic heterocycles. The van der Waals surface area contributed by atoms with Gasteiger partial charge < -0.3 is 10.1 Å². The van der Waals surface area contributed by atoms with Gasteiger partial charge in [-0.15, -0.1) is 0 Å². The first-order valence-corrected chi connectivity index (χ1v) is 9.96. The number of anilines is 1. The molecule has 0 spiro atoms. The van der Waals surface area contributed by atoms with Crippen molar-refractivity contribution in [3.8, 4) is 5.75 Å². The van der Waals surface area contributed by atoms with Crippen molar-refractivity contribution in [3.63, 3.8) is 0 Å². The van der Waals surface area contributed by atoms with Gasteiger partial charge in [-0.3, -0.25) is 9.59 Å². The van der Waals surface area contributed by atoms with Crippen LogP contribution < -0.4 is 15.5 Å². The van der Waals surface area contributed by atoms with Crippen molar-refractivity contribution in [2.45, 2.75) is 26.9 Å². The van der Waals surface area contributed by atoms with Gasteiger partial charge in [-0.05, 0) is 55.8 Å². The zero-order valence-corrected chi connectivity index (χ0v) is 17.6. The summed E-state index contributed by atoms with van der Waals surface area (Å²) >= 11 is 0. The number of ether oxygens (including phenoxy) is 1. The van der Waals surface area contributed by atoms with Gasteiger partial charge in [0.05, 0.1) is 6.42 Å². The van der Waals surface area contributed by atoms with E-state index in [0.29, 0.717) is 23.6 Å². The molecule has 0 bridgehead atoms. The van der Waals surface area contributed by atoms with Gasteiger partial charge in [0, 0.05) is 17.0 Å². The molecule has 3 aromatic rings. The van der Waals surface area contributed by atoms with E-state index >= 15 is 0 Å². The predicted octanol–water partition coefficient (Wildman–Crippen LogP) is 4.71. The van der Waals surface area contributed by atoms with E-state index in [-0.39, 0.29) is 18.2 Å². The maximum atomic E-state index is 12.2. The molecule has 6 heteroatoms. The fourth-order valence-electron chi connectivity index (χ4n) is 2.77. The summed E-state index contributed by atoms with van der Waals surface area (Å²) in [7, 11) is 0. The van der Waals surface area contributed by atoms with Crippen molar-refractivity contribution in [2.24, 2.45) is 5.10 Å². The van der Waals surface area contributed by atoms with E-state index in [1.807, 2.05) is 49.4 Å². The molecule has 3 rings (SSSR count). The highest BCUT2D eigenvalue weighted by Gasteiger charge is 2.07. The first-order chi connectivity index (χ1) is 15.0. The largest absolute Gasteiger partial charge is 0.489 e. The Bertz CT molecular complexity index is 1040. The first kappa shape index (κ1) is 21.8. The second-order valence-electron chi connectivity index (χ2n) is 7.18. The smallest absolute Gasteiger partial charge is 0.271 e. The number of nitrogens with one attached hydrogen (secondary N) is 2. The van der Waals surface area contributed by atoms with Gasteiger partial charge in [0.1, 0.15) is 12.4 Å². The van der Waals surface area contributed by atoms with Gasteiger partial charge in [0.2, 0.25) is 5.91 Å². The fourth-order valence-corrected chi connectivity index (χ4v) is 2.77. The minimum atomic E-state index is -0.314. The number of hydrogen-bond acceptors (Lipinski definition) is 4. The van der Waals surface area contributed by atoms with Gasteiger partial charge in [-0.1, -0.05) is 48.0 Å². The number of hydrogen-bond donors (Lipinski definition) is 2. The van der Waals surface area contributed by atoms with Crippen molar-refractivity contribution < 1.29 is 14.3 Å². The van der Waals surface area contributed by atoms with Gasteiger partial charge in [0.25, 0.3) is 5.91 Å². The fraction of sp³-hybridized carbons (Fsp3) is 0.160. The highest BCUT2D eigenvalue weighted by Crippen LogP contribution is 2.17. The number of rotatable bonds is 8. The summed E-state index contributed by atoms with van der Waals surface area (Å²) in [6.45, 7) is 4.12. The number of hydrazone groups is 1. The van der Waals surface area contributed by atoms with Crippen LogP contribution in [0.1, 0.15) is 34.8 Å². The third-order valence-electron chi connectivity index (χ3n) is 4.46. The summed E-state index contributed by atoms with van der Waals surface area (Å²) in [5.41, 5.74) is 6.31. The summed E-state index contributed by atoms with van der Waals surface area (Å²) in [4.78, 5) is 24.3. The Morgan fingerprint density at radius 3 is 2.26 bits per heavy atom. The molecule has 0 unspecified atom stereocenters. The molecule has 6 nitrogen and oxygen atoms in total. The van der Waals surface area contributed by atoms with Crippen LogP contribution in [0, 0.1) is 6.92 Å². The lowest BCUT2D eigenvalue weighted by molar-refractivity contribution is -0.115. The molecule has 31 heavy (non-hydrogen) atoms. The summed E-state index contributed by atoms with van der Waals surface area (Å²) in [5, 5.41) is 6.82. The van der Waals surface area contributed by atoms with Crippen LogP contribution in [0.5, 0.6) is 5.75 Å². The third kappa shape index (κ3) is 7.12. The third-order valence-corrected chi connectivity index (χ3v) is 4.46. The molecule has 0 heterocycles. The van der Waals surface area contributed by atoms with E-state index in [4.69, 9.17) is 4.74 Å². The summed E-state index contributed by atoms with van der Waals surface area (Å²) < 4.78 is 5.74. The molecule has 2 N–H and O–H groups in total. The maximum absolute atomic E-state index is 12.2. The molecular formula is C25H25N3O3. The molecule has 0 aliphatic rings. The van der Waals surface area contributed by atoms with Gasteiger partial charge in [-0.2, -0.15) is 5.10 Å². The number of carbonyl (C=O) groups excluding carboxylic acids is 2. The monoisotopic (exact) mass is 415 g/mol. The lowest BCUT2D eigenvalue weighted by Crippen LogP contribution is -2.21. The van der Waals surface area contributed by atoms with Crippen molar-refractivity contribution in [1.29, 1.82) is 0 Å². The minimum absolute atomic E-state index is 0.0699. The highest BCUT2D eigenvalue weighted by atomic mass is 16.5. The van der Waals surface area contributed by atoms with Crippen LogP contribution in [0.2, 0.25) is 0 Å². The lowest BCUT2D eigenvalue weighted by atomic mass is 10.1. The normalized spacial score (nSPS) is 11.0. The zero-order chi connectivity index (χ0) is 22.1. The maximum Gasteiger partial charge on any atom is 0.271 e. The van der Waals surface area contributed by atoms with Crippen molar-refractivity contribution in [2.75, 3.05) is 5.32 Å². The molecular weight excluding hydrogens is 390 g/mol. The minimum Gasteiger partial charge on any atom is -0.489 e. The zero-order valence-electron chi connectivity index (χ0n) is 17.6. The molecule has 0 aliphatic carbocycles. The molecule has 3 aromatic carbocycles. The standard InChI is InChI=1S/C25H25N3O3/c1-18-8-10-21(11-9-18)25(30)28-27-19(2)16-24(29)26-22-12-14-23(15-13-22)31-17-20-6-4-3-5-7-20/h3-15H,16-17H2,1-2H3,(H,26,29)(H,28,30)/b27-19-. The number of benzene rings is 3. The Morgan fingerprint density at radius 1 is 0.903 bits per heavy atom. The lowest BCUT2D eigenvalue weighted by Gasteiger charge is -2.09. The van der Waals surface area contributed by atoms with Crippen LogP contribution in [0.15, 0.2) is 84.0 Å². The summed E-state index contributed by atoms with van der Waals surface area (Å²) in [6.07, 6.45) is 0.0699. The first-order valence-electron chi connectivity index (χ1n) is 9.96. The Labute approximate surface area is 182 Å². The Morgan fingerprint density at radius 2 is 1.58 bits per heavy atom. The molecule has 0 saturated heterocycles. The van der Waals surface area contributed by atoms with Gasteiger partial charge in [0.15, 0.2) is 0 Å². The molecule has 0 saturated carbocycles. The number of amides is 2. The highest BCUT2D eigenvalue weighted by molar-refractivity contribution is 6.06. The quantitative estimate of drug-likeness (QED) is 0.413. The Balaban J connectivity index is 1.45. The van der Waals surface area contributed by atoms with Crippen LogP contribution in [-0.2, 0) is 11.4 Å². The van der Waals surface area contributed by atoms with Gasteiger partial charge >= 0.3 is 0 Å². The predicted molar refractivity (Wildman–Crippen MR) is 122 cm³/mol. The second kappa shape index (κ2) is 10.7. The Hall–Kier alpha value is -3.93. The average molecular weight is 415 g/mol. The SMILES string of the molecule is C/C(CC(=O)Nc1ccc(OCc2ccccc2)cc1)=N/NC(=O)c1ccc(C)cc1. The number of nitrogens with zero attached hydrogens (tertiary/aromatic N) is 1. The van der Waals surface area contributed by atoms with Crippen LogP contribution in [0.25, 0.3) is 0 Å². The summed E-state index contributed by atoms with van der Waals surface area (Å²) in [5.74, 6) is 0.188. The van der Waals surface area contributed by atoms with E-state index in [1.54, 1.807) is 43.3 Å². The molecule has 0 radical (unpaired) electrons. The van der Waals surface area contributed by atoms with E-state index < -0.39 is 0 Å². The molecule has 0 atom stereocenters. The number of aryl methyl sites for hydroxylation is 1. The van der Waals surface area contributed by atoms with Crippen molar-refractivity contribution in [3.05, 3.63) is 95.6 Å². The molecule has 0 fully saturated rings. The summed E-state index contributed by atoms with van der Waals surface area (Å²) in [6, 6.07) is 24.3. The number of carbonyl (C=O) groups is 2. The van der Waals surface area contributed by atoms with Crippen LogP contribution in [0.3, 0.4) is 0 Å². The second-order valence-corrected chi connectivity index (χ2v) is 7.18. The van der Waals surface area contributed by atoms with E-state index in [9.17, 15) is 9.59 Å². The topological polar surface area (TPSA) is 79.8 Å². The van der Waals surface area contributed by atoms with Gasteiger partial charge in [-0.25, -0.2) is 5.43 Å². The van der Waals surface area contributed by atoms with Crippen LogP contribution in [0.4, 0.5) is 5.69 Å². The van der Waals surface area contributed by atoms with Crippen molar-refractivity contribution in [1.82, 2.24) is 5.43 Å². The Kier molecular flexibility index (Phi) is 7.54. The molecule has 158 valence electrons. The van der Waals surface area contributed by atoms with Crippen molar-refractivity contribution >= 4 is 23.2 Å². The average Bonchev–Trinajstić information content (AvgIpc) is 2.78. The van der Waals surface area contributed by atoms with Crippen LogP contribution >= 0.6 is 0 Å². The van der Waals surface area contributed by atoms with E-state index in [0.717, 1.165) is 16.9 Å². The van der Waals surface area contributed by atoms with E-state index in [1.165, 1.54) is 0 Å². The molecule has 0 aliphatic heterocycles. The van der Waals surface area contributed by atoms with E-state index in [2.05, 4.69) is 15.8 Å². The van der Waals surface area contributed by atoms with Crippen LogP contribution in [-0.4, -0.2) is 17.5 Å². The molecule has 2 amide bonds.